The predicted octanol–water partition coefficient (Wildman–Crippen LogP) is -8.96. The lowest BCUT2D eigenvalue weighted by atomic mass is 9.94. The number of nitrogens with one attached hydrogen (secondary N) is 3. The van der Waals surface area contributed by atoms with Gasteiger partial charge in [-0.2, -0.15) is 0 Å². The van der Waals surface area contributed by atoms with Crippen LogP contribution >= 0.6 is 0 Å². The number of carbonyl (C=O) groups is 3. The molecular weight excluding hydrogens is 806 g/mol. The molecule has 0 aliphatic carbocycles. The molecule has 0 aromatic rings. The zero-order valence-electron chi connectivity index (χ0n) is 32.4. The van der Waals surface area contributed by atoms with Crippen LogP contribution in [0.3, 0.4) is 0 Å². The standard InChI is InChI=1S/C33H57N3O23/c1-10(41)35-16-26(57-30-23(49)20(46)17(43)11(6-37)54-30)18(44)12(7-38)53-29(16)58-27-19(45)13(8-39)55-31(24(27)50)56-25-14(9-40)52-28(22(48)21(25)47)36-15(42)5-34-32(51)59-33(2,3)4/h11-14,16-31,37-40,43-50H,5-9H2,1-4H3,(H,34,51)(H,35,41)(H,36,42)/t11-,12-,13-,14-,16-,17+,18-,19+,20+,21-,22-,23-,24-,25-,26-,27+,28-,29+,30+,31+/m1/s1. The van der Waals surface area contributed by atoms with E-state index in [1.165, 1.54) is 0 Å². The van der Waals surface area contributed by atoms with E-state index in [0.29, 0.717) is 0 Å². The zero-order chi connectivity index (χ0) is 44.1. The molecular formula is C33H57N3O23. The van der Waals surface area contributed by atoms with Gasteiger partial charge in [0.15, 0.2) is 25.1 Å². The number of alkyl carbamates (subject to hydrolysis) is 1. The SMILES string of the molecule is CC(=O)N[C@H]1[C@H](O[C@H]2[C@@H](O)[C@@H](CO)O[C@@H](O[C@H]3[C@H](O)[C@@H](O)[C@H](NC(=O)CNC(=O)OC(C)(C)C)O[C@@H]3CO)[C@@H]2O)O[C@H](CO)[C@@H](O)[C@@H]1O[C@@H]1O[C@H](CO)[C@H](O)[C@H](O)[C@H]1O. The van der Waals surface area contributed by atoms with Gasteiger partial charge in [0.2, 0.25) is 11.8 Å². The lowest BCUT2D eigenvalue weighted by molar-refractivity contribution is -0.375. The monoisotopic (exact) mass is 863 g/mol. The normalized spacial score (nSPS) is 43.1. The van der Waals surface area contributed by atoms with E-state index in [1.54, 1.807) is 20.8 Å². The molecule has 342 valence electrons. The summed E-state index contributed by atoms with van der Waals surface area (Å²) in [5, 5.41) is 134. The van der Waals surface area contributed by atoms with E-state index in [1.807, 2.05) is 0 Å². The summed E-state index contributed by atoms with van der Waals surface area (Å²) in [6, 6.07) is -1.65. The van der Waals surface area contributed by atoms with Crippen LogP contribution in [0.5, 0.6) is 0 Å². The van der Waals surface area contributed by atoms with Gasteiger partial charge in [0.05, 0.1) is 26.4 Å². The highest BCUT2D eigenvalue weighted by atomic mass is 16.8. The topological polar surface area (TPSA) is 404 Å². The molecule has 4 aliphatic heterocycles. The first-order chi connectivity index (χ1) is 27.6. The van der Waals surface area contributed by atoms with Crippen molar-refractivity contribution < 1.29 is 114 Å². The Morgan fingerprint density at radius 3 is 1.58 bits per heavy atom. The van der Waals surface area contributed by atoms with Gasteiger partial charge in [-0.3, -0.25) is 9.59 Å². The third-order valence-corrected chi connectivity index (χ3v) is 9.73. The summed E-state index contributed by atoms with van der Waals surface area (Å²) < 4.78 is 44.7. The molecule has 59 heavy (non-hydrogen) atoms. The molecule has 4 heterocycles. The Hall–Kier alpha value is -2.55. The molecule has 0 bridgehead atoms. The molecule has 4 rings (SSSR count). The Morgan fingerprint density at radius 2 is 1.03 bits per heavy atom. The van der Waals surface area contributed by atoms with Crippen LogP contribution in [0.2, 0.25) is 0 Å². The van der Waals surface area contributed by atoms with Crippen molar-refractivity contribution >= 4 is 17.9 Å². The van der Waals surface area contributed by atoms with Crippen LogP contribution in [0.25, 0.3) is 0 Å². The third-order valence-electron chi connectivity index (χ3n) is 9.73. The van der Waals surface area contributed by atoms with Crippen molar-refractivity contribution in [2.75, 3.05) is 33.0 Å². The second-order valence-electron chi connectivity index (χ2n) is 15.3. The molecule has 15 N–H and O–H groups in total. The van der Waals surface area contributed by atoms with Crippen LogP contribution in [0.15, 0.2) is 0 Å². The molecule has 26 heteroatoms. The molecule has 0 aromatic heterocycles. The van der Waals surface area contributed by atoms with Crippen LogP contribution in [-0.4, -0.2) is 240 Å². The molecule has 0 aromatic carbocycles. The van der Waals surface area contributed by atoms with Crippen molar-refractivity contribution in [2.24, 2.45) is 0 Å². The Balaban J connectivity index is 1.52. The maximum absolute atomic E-state index is 12.5. The van der Waals surface area contributed by atoms with Crippen molar-refractivity contribution in [3.63, 3.8) is 0 Å². The smallest absolute Gasteiger partial charge is 0.408 e. The Bertz CT molecular complexity index is 1380. The number of carbonyl (C=O) groups excluding carboxylic acids is 3. The highest BCUT2D eigenvalue weighted by Crippen LogP contribution is 2.34. The van der Waals surface area contributed by atoms with Crippen molar-refractivity contribution in [1.29, 1.82) is 0 Å². The van der Waals surface area contributed by atoms with Gasteiger partial charge in [-0.15, -0.1) is 0 Å². The predicted molar refractivity (Wildman–Crippen MR) is 186 cm³/mol. The summed E-state index contributed by atoms with van der Waals surface area (Å²) in [6.07, 6.45) is -35.5. The number of amides is 3. The lowest BCUT2D eigenvalue weighted by Gasteiger charge is -2.50. The van der Waals surface area contributed by atoms with Crippen LogP contribution in [0.1, 0.15) is 27.7 Å². The van der Waals surface area contributed by atoms with Crippen molar-refractivity contribution in [3.05, 3.63) is 0 Å². The maximum Gasteiger partial charge on any atom is 0.408 e. The van der Waals surface area contributed by atoms with E-state index < -0.39 is 179 Å². The minimum atomic E-state index is -2.11. The van der Waals surface area contributed by atoms with E-state index in [9.17, 15) is 75.7 Å². The van der Waals surface area contributed by atoms with Crippen LogP contribution in [0, 0.1) is 0 Å². The summed E-state index contributed by atoms with van der Waals surface area (Å²) in [7, 11) is 0. The summed E-state index contributed by atoms with van der Waals surface area (Å²) in [4.78, 5) is 36.9. The van der Waals surface area contributed by atoms with Crippen LogP contribution in [0.4, 0.5) is 4.79 Å². The van der Waals surface area contributed by atoms with E-state index >= 15 is 0 Å². The molecule has 0 saturated carbocycles. The molecule has 4 saturated heterocycles. The van der Waals surface area contributed by atoms with Gasteiger partial charge >= 0.3 is 6.09 Å². The third kappa shape index (κ3) is 11.9. The highest BCUT2D eigenvalue weighted by Gasteiger charge is 2.56. The largest absolute Gasteiger partial charge is 0.444 e. The van der Waals surface area contributed by atoms with Crippen LogP contribution < -0.4 is 16.0 Å². The van der Waals surface area contributed by atoms with E-state index in [-0.39, 0.29) is 0 Å². The summed E-state index contributed by atoms with van der Waals surface area (Å²) in [5.41, 5.74) is -0.864. The van der Waals surface area contributed by atoms with Crippen LogP contribution in [-0.2, 0) is 47.5 Å². The van der Waals surface area contributed by atoms with Gasteiger partial charge < -0.3 is 115 Å². The first-order valence-electron chi connectivity index (χ1n) is 18.7. The quantitative estimate of drug-likeness (QED) is 0.0771. The molecule has 3 amide bonds. The number of aliphatic hydroxyl groups excluding tert-OH is 12. The highest BCUT2D eigenvalue weighted by molar-refractivity contribution is 5.82. The van der Waals surface area contributed by atoms with Gasteiger partial charge in [0, 0.05) is 6.92 Å². The lowest BCUT2D eigenvalue weighted by Crippen LogP contribution is -2.70. The van der Waals surface area contributed by atoms with Gasteiger partial charge in [0.1, 0.15) is 110 Å². The molecule has 4 aliphatic rings. The fraction of sp³-hybridized carbons (Fsp3) is 0.909. The zero-order valence-corrected chi connectivity index (χ0v) is 32.4. The van der Waals surface area contributed by atoms with Gasteiger partial charge in [-0.1, -0.05) is 0 Å². The maximum atomic E-state index is 12.5. The van der Waals surface area contributed by atoms with Crippen molar-refractivity contribution in [2.45, 2.75) is 156 Å². The molecule has 0 unspecified atom stereocenters. The van der Waals surface area contributed by atoms with E-state index in [4.69, 9.17) is 37.9 Å². The van der Waals surface area contributed by atoms with Gasteiger partial charge in [0.25, 0.3) is 0 Å². The number of hydrogen-bond acceptors (Lipinski definition) is 23. The minimum absolute atomic E-state index is 0.637. The first kappa shape index (κ1) is 49.1. The molecule has 4 fully saturated rings. The molecule has 26 nitrogen and oxygen atoms in total. The average Bonchev–Trinajstić information content (AvgIpc) is 3.17. The molecule has 0 radical (unpaired) electrons. The fourth-order valence-corrected chi connectivity index (χ4v) is 6.76. The summed E-state index contributed by atoms with van der Waals surface area (Å²) in [6.45, 7) is 1.56. The van der Waals surface area contributed by atoms with E-state index in [0.717, 1.165) is 6.92 Å². The minimum Gasteiger partial charge on any atom is -0.444 e. The van der Waals surface area contributed by atoms with Gasteiger partial charge in [-0.05, 0) is 20.8 Å². The van der Waals surface area contributed by atoms with E-state index in [2.05, 4.69) is 16.0 Å². The number of aliphatic hydroxyl groups is 12. The molecule has 20 atom stereocenters. The molecule has 0 spiro atoms. The van der Waals surface area contributed by atoms with Crippen molar-refractivity contribution in [1.82, 2.24) is 16.0 Å². The number of ether oxygens (including phenoxy) is 8. The average molecular weight is 864 g/mol. The number of rotatable bonds is 14. The second kappa shape index (κ2) is 21.0. The Kier molecular flexibility index (Phi) is 17.5. The first-order valence-corrected chi connectivity index (χ1v) is 18.7. The van der Waals surface area contributed by atoms with Crippen molar-refractivity contribution in [3.8, 4) is 0 Å². The second-order valence-corrected chi connectivity index (χ2v) is 15.3. The van der Waals surface area contributed by atoms with Gasteiger partial charge in [-0.25, -0.2) is 4.79 Å². The summed E-state index contributed by atoms with van der Waals surface area (Å²) >= 11 is 0. The Labute approximate surface area is 336 Å². The Morgan fingerprint density at radius 1 is 0.542 bits per heavy atom. The number of hydrogen-bond donors (Lipinski definition) is 15. The fourth-order valence-electron chi connectivity index (χ4n) is 6.76. The summed E-state index contributed by atoms with van der Waals surface area (Å²) in [5.74, 6) is -1.69.